The van der Waals surface area contributed by atoms with E-state index in [9.17, 15) is 8.42 Å². The molecule has 5 nitrogen and oxygen atoms in total. The van der Waals surface area contributed by atoms with Gasteiger partial charge in [-0.05, 0) is 17.7 Å². The zero-order valence-corrected chi connectivity index (χ0v) is 10.4. The zero-order valence-electron chi connectivity index (χ0n) is 7.58. The largest absolute Gasteiger partial charge is 0.399 e. The minimum absolute atomic E-state index is 0. The van der Waals surface area contributed by atoms with Gasteiger partial charge in [-0.3, -0.25) is 4.55 Å². The van der Waals surface area contributed by atoms with E-state index in [1.54, 1.807) is 0 Å². The Morgan fingerprint density at radius 2 is 1.64 bits per heavy atom. The fourth-order valence-electron chi connectivity index (χ4n) is 0.833. The van der Waals surface area contributed by atoms with E-state index < -0.39 is 15.6 Å². The Balaban J connectivity index is 0.00000169. The second-order valence-electron chi connectivity index (χ2n) is 2.53. The first-order chi connectivity index (χ1) is 5.91. The van der Waals surface area contributed by atoms with Gasteiger partial charge in [0.1, 0.15) is 0 Å². The molecule has 1 atom stereocenters. The van der Waals surface area contributed by atoms with Crippen molar-refractivity contribution >= 4 is 45.4 Å². The van der Waals surface area contributed by atoms with Crippen molar-refractivity contribution in [2.45, 2.75) is 5.44 Å². The molecule has 7 heteroatoms. The quantitative estimate of drug-likeness (QED) is 0.367. The van der Waals surface area contributed by atoms with Gasteiger partial charge < -0.3 is 10.8 Å². The van der Waals surface area contributed by atoms with E-state index in [4.69, 9.17) is 15.4 Å². The number of aliphatic hydroxyl groups is 1. The Morgan fingerprint density at radius 1 is 1.21 bits per heavy atom. The van der Waals surface area contributed by atoms with E-state index in [2.05, 4.69) is 0 Å². The molecule has 73 valence electrons. The third-order valence-corrected chi connectivity index (χ3v) is 2.34. The second-order valence-corrected chi connectivity index (χ2v) is 4.01. The van der Waals surface area contributed by atoms with Gasteiger partial charge in [-0.15, -0.1) is 0 Å². The van der Waals surface area contributed by atoms with E-state index >= 15 is 0 Å². The first-order valence-electron chi connectivity index (χ1n) is 3.41. The first kappa shape index (κ1) is 13.9. The van der Waals surface area contributed by atoms with Gasteiger partial charge >= 0.3 is 0 Å². The summed E-state index contributed by atoms with van der Waals surface area (Å²) >= 11 is 0. The molecule has 0 fully saturated rings. The number of benzene rings is 1. The summed E-state index contributed by atoms with van der Waals surface area (Å²) in [5.41, 5.74) is 3.96. The van der Waals surface area contributed by atoms with Gasteiger partial charge in [0, 0.05) is 35.2 Å². The molecular formula is C7H9NNaO4S. The fraction of sp³-hybridized carbons (Fsp3) is 0.143. The van der Waals surface area contributed by atoms with Crippen molar-refractivity contribution in [2.75, 3.05) is 5.73 Å². The summed E-state index contributed by atoms with van der Waals surface area (Å²) in [5, 5.41) is 9.07. The van der Waals surface area contributed by atoms with Crippen LogP contribution in [0.5, 0.6) is 0 Å². The smallest absolute Gasteiger partial charge is 0.296 e. The third-order valence-electron chi connectivity index (χ3n) is 1.50. The number of aliphatic hydroxyl groups excluding tert-OH is 1. The van der Waals surface area contributed by atoms with Crippen LogP contribution in [0.1, 0.15) is 11.0 Å². The molecule has 0 aliphatic heterocycles. The number of anilines is 1. The van der Waals surface area contributed by atoms with Crippen molar-refractivity contribution in [3.63, 3.8) is 0 Å². The number of hydrogen-bond acceptors (Lipinski definition) is 4. The average molecular weight is 226 g/mol. The molecule has 0 aliphatic rings. The Bertz CT molecular complexity index is 389. The molecule has 0 aromatic heterocycles. The van der Waals surface area contributed by atoms with Gasteiger partial charge in [-0.25, -0.2) is 0 Å². The van der Waals surface area contributed by atoms with Crippen LogP contribution >= 0.6 is 0 Å². The Labute approximate surface area is 104 Å². The van der Waals surface area contributed by atoms with Crippen LogP contribution in [0, 0.1) is 0 Å². The standard InChI is InChI=1S/C7H9NO4S.Na/c8-6-3-1-5(2-4-6)7(9)13(10,11)12;/h1-4,7,9H,8H2,(H,10,11,12);. The van der Waals surface area contributed by atoms with E-state index in [1.165, 1.54) is 24.3 Å². The number of nitrogens with two attached hydrogens (primary N) is 1. The predicted molar refractivity (Wildman–Crippen MR) is 53.1 cm³/mol. The summed E-state index contributed by atoms with van der Waals surface area (Å²) < 4.78 is 29.5. The summed E-state index contributed by atoms with van der Waals surface area (Å²) in [6, 6.07) is 5.52. The molecule has 4 N–H and O–H groups in total. The van der Waals surface area contributed by atoms with Gasteiger partial charge in [0.2, 0.25) is 5.44 Å². The minimum Gasteiger partial charge on any atom is -0.399 e. The van der Waals surface area contributed by atoms with Gasteiger partial charge in [0.25, 0.3) is 10.1 Å². The molecule has 0 amide bonds. The zero-order chi connectivity index (χ0) is 10.1. The fourth-order valence-corrected chi connectivity index (χ4v) is 1.33. The van der Waals surface area contributed by atoms with Crippen LogP contribution < -0.4 is 5.73 Å². The number of rotatable bonds is 2. The van der Waals surface area contributed by atoms with Crippen LogP contribution in [0.4, 0.5) is 5.69 Å². The SMILES string of the molecule is Nc1ccc(C(O)S(=O)(=O)O)cc1.[Na]. The molecule has 14 heavy (non-hydrogen) atoms. The van der Waals surface area contributed by atoms with E-state index in [0.29, 0.717) is 5.69 Å². The van der Waals surface area contributed by atoms with Gasteiger partial charge in [0.15, 0.2) is 0 Å². The Hall–Kier alpha value is -0.110. The summed E-state index contributed by atoms with van der Waals surface area (Å²) in [7, 11) is -4.45. The third kappa shape index (κ3) is 3.56. The monoisotopic (exact) mass is 226 g/mol. The van der Waals surface area contributed by atoms with Crippen molar-refractivity contribution in [1.82, 2.24) is 0 Å². The Morgan fingerprint density at radius 3 is 2.00 bits per heavy atom. The topological polar surface area (TPSA) is 101 Å². The maximum absolute atomic E-state index is 10.5. The maximum atomic E-state index is 10.5. The van der Waals surface area contributed by atoms with Crippen molar-refractivity contribution in [3.05, 3.63) is 29.8 Å². The normalized spacial score (nSPS) is 13.0. The summed E-state index contributed by atoms with van der Waals surface area (Å²) in [6.07, 6.45) is 0. The molecule has 1 unspecified atom stereocenters. The molecular weight excluding hydrogens is 217 g/mol. The molecule has 1 radical (unpaired) electrons. The molecule has 0 heterocycles. The van der Waals surface area contributed by atoms with Crippen LogP contribution in [0.3, 0.4) is 0 Å². The molecule has 1 aromatic carbocycles. The molecule has 0 saturated heterocycles. The van der Waals surface area contributed by atoms with Crippen molar-refractivity contribution < 1.29 is 18.1 Å². The van der Waals surface area contributed by atoms with Crippen LogP contribution in [0.15, 0.2) is 24.3 Å². The van der Waals surface area contributed by atoms with Crippen LogP contribution in [0.25, 0.3) is 0 Å². The molecule has 0 spiro atoms. The van der Waals surface area contributed by atoms with Gasteiger partial charge in [-0.2, -0.15) is 8.42 Å². The molecule has 0 saturated carbocycles. The summed E-state index contributed by atoms with van der Waals surface area (Å²) in [6.45, 7) is 0. The predicted octanol–water partition coefficient (Wildman–Crippen LogP) is -0.233. The first-order valence-corrected chi connectivity index (χ1v) is 4.91. The van der Waals surface area contributed by atoms with Crippen molar-refractivity contribution in [2.24, 2.45) is 0 Å². The molecule has 1 rings (SSSR count). The summed E-state index contributed by atoms with van der Waals surface area (Å²) in [5.74, 6) is 0. The van der Waals surface area contributed by atoms with E-state index in [0.717, 1.165) is 0 Å². The van der Waals surface area contributed by atoms with Crippen LogP contribution in [-0.2, 0) is 10.1 Å². The second kappa shape index (κ2) is 5.11. The van der Waals surface area contributed by atoms with Crippen molar-refractivity contribution in [1.29, 1.82) is 0 Å². The summed E-state index contributed by atoms with van der Waals surface area (Å²) in [4.78, 5) is 0. The molecule has 0 aliphatic carbocycles. The molecule has 1 aromatic rings. The average Bonchev–Trinajstić information content (AvgIpc) is 2.03. The van der Waals surface area contributed by atoms with Crippen LogP contribution in [-0.4, -0.2) is 47.6 Å². The number of hydrogen-bond donors (Lipinski definition) is 3. The van der Waals surface area contributed by atoms with Crippen molar-refractivity contribution in [3.8, 4) is 0 Å². The molecule has 0 bridgehead atoms. The van der Waals surface area contributed by atoms with E-state index in [-0.39, 0.29) is 35.1 Å². The minimum atomic E-state index is -4.45. The Kier molecular flexibility index (Phi) is 5.07. The van der Waals surface area contributed by atoms with Gasteiger partial charge in [-0.1, -0.05) is 12.1 Å². The maximum Gasteiger partial charge on any atom is 0.296 e. The number of nitrogen functional groups attached to an aromatic ring is 1. The van der Waals surface area contributed by atoms with E-state index in [1.807, 2.05) is 0 Å². The van der Waals surface area contributed by atoms with Gasteiger partial charge in [0.05, 0.1) is 0 Å². The van der Waals surface area contributed by atoms with Crippen LogP contribution in [0.2, 0.25) is 0 Å².